The molecule has 0 radical (unpaired) electrons. The summed E-state index contributed by atoms with van der Waals surface area (Å²) in [6, 6.07) is 0. The number of esters is 1. The van der Waals surface area contributed by atoms with Gasteiger partial charge in [0.2, 0.25) is 0 Å². The van der Waals surface area contributed by atoms with E-state index >= 15 is 0 Å². The lowest BCUT2D eigenvalue weighted by molar-refractivity contribution is -0.145. The van der Waals surface area contributed by atoms with Crippen molar-refractivity contribution in [3.63, 3.8) is 0 Å². The van der Waals surface area contributed by atoms with Crippen molar-refractivity contribution in [2.24, 2.45) is 17.3 Å². The molecule has 2 fully saturated rings. The number of aldehydes is 1. The number of ether oxygens (including phenoxy) is 3. The highest BCUT2D eigenvalue weighted by Gasteiger charge is 2.45. The molecule has 2 aliphatic rings. The second kappa shape index (κ2) is 24.9. The van der Waals surface area contributed by atoms with Crippen LogP contribution in [-0.2, 0) is 23.8 Å². The Kier molecular flexibility index (Phi) is 24.3. The molecule has 2 saturated carbocycles. The van der Waals surface area contributed by atoms with E-state index in [1.165, 1.54) is 0 Å². The summed E-state index contributed by atoms with van der Waals surface area (Å²) in [7, 11) is 0. The van der Waals surface area contributed by atoms with Gasteiger partial charge < -0.3 is 24.1 Å². The van der Waals surface area contributed by atoms with Crippen molar-refractivity contribution in [1.82, 2.24) is 0 Å². The summed E-state index contributed by atoms with van der Waals surface area (Å²) >= 11 is 18.7. The molecule has 0 heterocycles. The van der Waals surface area contributed by atoms with Crippen LogP contribution in [0.2, 0.25) is 0 Å². The predicted octanol–water partition coefficient (Wildman–Crippen LogP) is 10.1. The van der Waals surface area contributed by atoms with Crippen LogP contribution in [0.1, 0.15) is 113 Å². The summed E-state index contributed by atoms with van der Waals surface area (Å²) in [6.45, 7) is 20.9. The summed E-state index contributed by atoms with van der Waals surface area (Å²) in [4.78, 5) is 22.5. The highest BCUT2D eigenvalue weighted by atomic mass is 35.5. The molecule has 47 heavy (non-hydrogen) atoms. The van der Waals surface area contributed by atoms with Crippen LogP contribution in [0, 0.1) is 17.3 Å². The zero-order valence-corrected chi connectivity index (χ0v) is 32.3. The molecule has 0 amide bonds. The zero-order chi connectivity index (χ0) is 36.0. The Hall–Kier alpha value is -1.15. The van der Waals surface area contributed by atoms with Crippen LogP contribution < -0.4 is 0 Å². The number of aliphatic hydroxyl groups excluding tert-OH is 1. The van der Waals surface area contributed by atoms with Crippen LogP contribution in [0.3, 0.4) is 0 Å². The number of hydrogen-bond acceptors (Lipinski definition) is 6. The van der Waals surface area contributed by atoms with E-state index < -0.39 is 17.7 Å². The minimum Gasteiger partial charge on any atom is -0.460 e. The van der Waals surface area contributed by atoms with Crippen LogP contribution in [0.4, 0.5) is 0 Å². The van der Waals surface area contributed by atoms with Gasteiger partial charge in [-0.05, 0) is 104 Å². The Morgan fingerprint density at radius 3 is 1.83 bits per heavy atom. The molecule has 0 aromatic heterocycles. The number of alkyl halides is 2. The third-order valence-corrected chi connectivity index (χ3v) is 9.83. The Bertz CT molecular complexity index is 925. The molecular weight excluding hydrogens is 659 g/mol. The number of carbonyl (C=O) groups excluding carboxylic acids is 2. The van der Waals surface area contributed by atoms with Crippen LogP contribution in [-0.4, -0.2) is 65.2 Å². The summed E-state index contributed by atoms with van der Waals surface area (Å²) in [5.41, 5.74) is -0.514. The Balaban J connectivity index is 0.000000878. The molecule has 1 N–H and O–H groups in total. The fourth-order valence-corrected chi connectivity index (χ4v) is 7.24. The van der Waals surface area contributed by atoms with Gasteiger partial charge in [0, 0.05) is 40.1 Å². The Labute approximate surface area is 301 Å². The van der Waals surface area contributed by atoms with Crippen LogP contribution in [0.25, 0.3) is 0 Å². The fraction of sp³-hybridized carbons (Fsp3) is 0.737. The van der Waals surface area contributed by atoms with Crippen molar-refractivity contribution < 1.29 is 28.9 Å². The van der Waals surface area contributed by atoms with Crippen LogP contribution in [0.15, 0.2) is 48.6 Å². The number of carbonyl (C=O) groups is 2. The van der Waals surface area contributed by atoms with Gasteiger partial charge in [-0.15, -0.1) is 23.2 Å². The normalized spacial score (nSPS) is 25.0. The molecule has 0 saturated heterocycles. The van der Waals surface area contributed by atoms with Gasteiger partial charge in [-0.25, -0.2) is 4.79 Å². The molecule has 2 aliphatic carbocycles. The third kappa shape index (κ3) is 19.0. The fourth-order valence-electron chi connectivity index (χ4n) is 6.66. The molecular formula is C38H63Cl3O6. The molecule has 0 aromatic rings. The van der Waals surface area contributed by atoms with Gasteiger partial charge in [0.25, 0.3) is 0 Å². The maximum absolute atomic E-state index is 11.6. The highest BCUT2D eigenvalue weighted by Crippen LogP contribution is 2.52. The topological polar surface area (TPSA) is 82.1 Å². The Morgan fingerprint density at radius 1 is 0.894 bits per heavy atom. The van der Waals surface area contributed by atoms with Gasteiger partial charge >= 0.3 is 5.97 Å². The van der Waals surface area contributed by atoms with Crippen LogP contribution in [0.5, 0.6) is 0 Å². The largest absolute Gasteiger partial charge is 0.460 e. The van der Waals surface area contributed by atoms with E-state index in [4.69, 9.17) is 49.0 Å². The first-order chi connectivity index (χ1) is 22.2. The van der Waals surface area contributed by atoms with Gasteiger partial charge in [0.05, 0.1) is 30.5 Å². The van der Waals surface area contributed by atoms with Crippen molar-refractivity contribution in [1.29, 1.82) is 0 Å². The second-order valence-corrected chi connectivity index (χ2v) is 14.9. The number of aliphatic hydroxyl groups is 1. The molecule has 0 aromatic carbocycles. The van der Waals surface area contributed by atoms with E-state index in [1.807, 2.05) is 53.7 Å². The van der Waals surface area contributed by atoms with Crippen molar-refractivity contribution >= 4 is 47.1 Å². The van der Waals surface area contributed by atoms with E-state index in [0.717, 1.165) is 63.7 Å². The average molecular weight is 722 g/mol. The van der Waals surface area contributed by atoms with Gasteiger partial charge in [0.15, 0.2) is 0 Å². The van der Waals surface area contributed by atoms with Gasteiger partial charge in [-0.2, -0.15) is 0 Å². The zero-order valence-electron chi connectivity index (χ0n) is 30.0. The molecule has 0 spiro atoms. The number of halogens is 3. The number of hydrogen-bond donors (Lipinski definition) is 1. The lowest BCUT2D eigenvalue weighted by Crippen LogP contribution is -2.41. The van der Waals surface area contributed by atoms with Crippen molar-refractivity contribution in [3.05, 3.63) is 48.6 Å². The second-order valence-electron chi connectivity index (χ2n) is 13.2. The average Bonchev–Trinajstić information content (AvgIpc) is 3.03. The first-order valence-corrected chi connectivity index (χ1v) is 18.6. The molecule has 0 aliphatic heterocycles. The molecule has 3 unspecified atom stereocenters. The minimum atomic E-state index is -0.456. The summed E-state index contributed by atoms with van der Waals surface area (Å²) < 4.78 is 16.3. The van der Waals surface area contributed by atoms with E-state index in [-0.39, 0.29) is 35.0 Å². The van der Waals surface area contributed by atoms with Crippen molar-refractivity contribution in [3.8, 4) is 0 Å². The summed E-state index contributed by atoms with van der Waals surface area (Å²) in [5.74, 6) is 0.538. The molecule has 3 atom stereocenters. The first-order valence-electron chi connectivity index (χ1n) is 17.3. The quantitative estimate of drug-likeness (QED) is 0.0529. The van der Waals surface area contributed by atoms with Gasteiger partial charge in [0.1, 0.15) is 12.9 Å². The van der Waals surface area contributed by atoms with E-state index in [9.17, 15) is 14.7 Å². The van der Waals surface area contributed by atoms with E-state index in [2.05, 4.69) is 19.2 Å². The molecule has 272 valence electrons. The van der Waals surface area contributed by atoms with Gasteiger partial charge in [-0.3, -0.25) is 0 Å². The van der Waals surface area contributed by atoms with Crippen LogP contribution >= 0.6 is 34.8 Å². The van der Waals surface area contributed by atoms with Gasteiger partial charge in [-0.1, -0.05) is 56.8 Å². The maximum atomic E-state index is 11.6. The minimum absolute atomic E-state index is 0.107. The van der Waals surface area contributed by atoms with Crippen molar-refractivity contribution in [2.75, 3.05) is 13.2 Å². The SMILES string of the molecule is C=C/C(Cl)=C\C=C\C(CC=O)(C1CCC(Cl)CC1)C1CCC(Cl)CC1.C=CC(=O)OCC(C)OCC(C)OC(C)(C)CC(C)O.CC. The standard InChI is InChI=1S/C21H29Cl3O.C15H28O5.C2H6/c1-2-18(22)4-3-13-21(14-15-25,16-5-9-19(23)10-6-16)17-7-11-20(24)12-8-17;1-7-14(17)19-9-12(3)18-10-13(4)20-15(5,6)8-11(2)16;1-2/h2-4,13,15-17,19-20H,1,5-12,14H2;7,11-13,16H,1,8-10H2,2-6H3;1-2H3/b13-3+,18-4+;;. The van der Waals surface area contributed by atoms with Crippen molar-refractivity contribution in [2.45, 2.75) is 147 Å². The molecule has 6 nitrogen and oxygen atoms in total. The summed E-state index contributed by atoms with van der Waals surface area (Å²) in [5, 5.41) is 10.6. The number of allylic oxidation sites excluding steroid dienone is 5. The monoisotopic (exact) mass is 720 g/mol. The smallest absolute Gasteiger partial charge is 0.330 e. The first kappa shape index (κ1) is 45.9. The van der Waals surface area contributed by atoms with E-state index in [1.54, 1.807) is 13.0 Å². The predicted molar refractivity (Wildman–Crippen MR) is 198 cm³/mol. The lowest BCUT2D eigenvalue weighted by atomic mass is 9.57. The number of rotatable bonds is 17. The maximum Gasteiger partial charge on any atom is 0.330 e. The summed E-state index contributed by atoms with van der Waals surface area (Å²) in [6.07, 6.45) is 18.9. The van der Waals surface area contributed by atoms with E-state index in [0.29, 0.717) is 36.3 Å². The highest BCUT2D eigenvalue weighted by molar-refractivity contribution is 6.31. The Morgan fingerprint density at radius 2 is 1.40 bits per heavy atom. The molecule has 0 bridgehead atoms. The molecule has 9 heteroatoms. The molecule has 2 rings (SSSR count). The lowest BCUT2D eigenvalue weighted by Gasteiger charge is -2.48. The third-order valence-electron chi connectivity index (χ3n) is 8.68.